The van der Waals surface area contributed by atoms with Gasteiger partial charge in [-0.3, -0.25) is 9.59 Å². The molecule has 2 unspecified atom stereocenters. The molecule has 0 bridgehead atoms. The van der Waals surface area contributed by atoms with E-state index in [1.807, 2.05) is 27.8 Å². The molecule has 4 nitrogen and oxygen atoms in total. The van der Waals surface area contributed by atoms with Crippen LogP contribution in [0, 0.1) is 33.6 Å². The minimum atomic E-state index is -0.535. The van der Waals surface area contributed by atoms with Gasteiger partial charge in [-0.25, -0.2) is 0 Å². The molecule has 1 amide bonds. The first kappa shape index (κ1) is 19.5. The summed E-state index contributed by atoms with van der Waals surface area (Å²) in [6.45, 7) is 14.7. The predicted octanol–water partition coefficient (Wildman–Crippen LogP) is 3.82. The van der Waals surface area contributed by atoms with Gasteiger partial charge >= 0.3 is 5.97 Å². The zero-order valence-corrected chi connectivity index (χ0v) is 16.8. The Morgan fingerprint density at radius 1 is 1.16 bits per heavy atom. The molecule has 1 heterocycles. The highest BCUT2D eigenvalue weighted by molar-refractivity contribution is 5.87. The Labute approximate surface area is 151 Å². The van der Waals surface area contributed by atoms with E-state index in [4.69, 9.17) is 4.74 Å². The van der Waals surface area contributed by atoms with Crippen LogP contribution in [0.2, 0.25) is 0 Å². The van der Waals surface area contributed by atoms with Crippen LogP contribution in [-0.4, -0.2) is 36.0 Å². The molecule has 1 aromatic carbocycles. The van der Waals surface area contributed by atoms with Crippen molar-refractivity contribution in [3.8, 4) is 0 Å². The number of esters is 1. The fourth-order valence-corrected chi connectivity index (χ4v) is 3.70. The second-order valence-corrected chi connectivity index (χ2v) is 8.38. The third kappa shape index (κ3) is 4.05. The van der Waals surface area contributed by atoms with Gasteiger partial charge in [0.25, 0.3) is 0 Å². The number of aryl methyl sites for hydroxylation is 1. The Balaban J connectivity index is 2.36. The second kappa shape index (κ2) is 6.81. The number of carbonyl (C=O) groups is 2. The van der Waals surface area contributed by atoms with E-state index in [1.165, 1.54) is 27.8 Å². The van der Waals surface area contributed by atoms with Crippen LogP contribution in [0.3, 0.4) is 0 Å². The highest BCUT2D eigenvalue weighted by atomic mass is 16.6. The zero-order chi connectivity index (χ0) is 19.1. The van der Waals surface area contributed by atoms with Crippen molar-refractivity contribution >= 4 is 11.9 Å². The Kier molecular flexibility index (Phi) is 5.31. The van der Waals surface area contributed by atoms with Gasteiger partial charge in [0, 0.05) is 19.5 Å². The van der Waals surface area contributed by atoms with Crippen LogP contribution in [0.4, 0.5) is 0 Å². The molecule has 138 valence electrons. The Hall–Kier alpha value is -1.84. The smallest absolute Gasteiger partial charge is 0.307 e. The number of amides is 1. The van der Waals surface area contributed by atoms with Gasteiger partial charge in [-0.2, -0.15) is 0 Å². The number of ether oxygens (including phenoxy) is 1. The van der Waals surface area contributed by atoms with Crippen molar-refractivity contribution in [1.82, 2.24) is 4.90 Å². The van der Waals surface area contributed by atoms with Gasteiger partial charge in [0.1, 0.15) is 5.60 Å². The summed E-state index contributed by atoms with van der Waals surface area (Å²) in [6, 6.07) is 2.19. The monoisotopic (exact) mass is 345 g/mol. The molecule has 0 radical (unpaired) electrons. The Bertz CT molecular complexity index is 700. The molecule has 0 aromatic heterocycles. The highest BCUT2D eigenvalue weighted by Gasteiger charge is 2.42. The maximum Gasteiger partial charge on any atom is 0.307 e. The van der Waals surface area contributed by atoms with Crippen LogP contribution in [0.5, 0.6) is 0 Å². The molecule has 2 rings (SSSR count). The molecule has 0 aliphatic carbocycles. The zero-order valence-electron chi connectivity index (χ0n) is 16.8. The molecule has 25 heavy (non-hydrogen) atoms. The molecule has 1 saturated heterocycles. The number of benzene rings is 1. The molecule has 1 aliphatic heterocycles. The minimum absolute atomic E-state index is 0.0306. The van der Waals surface area contributed by atoms with Crippen molar-refractivity contribution in [3.05, 3.63) is 33.9 Å². The van der Waals surface area contributed by atoms with Gasteiger partial charge in [-0.15, -0.1) is 0 Å². The van der Waals surface area contributed by atoms with Crippen molar-refractivity contribution < 1.29 is 14.3 Å². The average molecular weight is 345 g/mol. The molecule has 2 atom stereocenters. The van der Waals surface area contributed by atoms with Gasteiger partial charge in [0.05, 0.1) is 12.3 Å². The van der Waals surface area contributed by atoms with E-state index >= 15 is 0 Å². The lowest BCUT2D eigenvalue weighted by Crippen LogP contribution is -2.29. The summed E-state index contributed by atoms with van der Waals surface area (Å²) < 4.78 is 5.45. The van der Waals surface area contributed by atoms with Crippen LogP contribution >= 0.6 is 0 Å². The number of likely N-dealkylation sites (tertiary alicyclic amines) is 1. The molecule has 1 aliphatic rings. The fourth-order valence-electron chi connectivity index (χ4n) is 3.70. The van der Waals surface area contributed by atoms with Gasteiger partial charge in [-0.05, 0) is 76.3 Å². The first-order chi connectivity index (χ1) is 11.4. The number of hydrogen-bond acceptors (Lipinski definition) is 3. The Morgan fingerprint density at radius 2 is 1.76 bits per heavy atom. The quantitative estimate of drug-likeness (QED) is 0.782. The first-order valence-electron chi connectivity index (χ1n) is 8.96. The number of hydrogen-bond donors (Lipinski definition) is 0. The summed E-state index contributed by atoms with van der Waals surface area (Å²) in [4.78, 5) is 26.7. The molecular formula is C21H31NO3. The lowest BCUT2D eigenvalue weighted by molar-refractivity contribution is -0.157. The first-order valence-corrected chi connectivity index (χ1v) is 8.96. The average Bonchev–Trinajstić information content (AvgIpc) is 2.75. The maximum absolute atomic E-state index is 12.7. The molecule has 0 N–H and O–H groups in total. The SMILES string of the molecule is Cc1cc(C2CN(C)C(=O)C2CC(=O)OC(C)(C)C)c(C)c(C)c1C. The van der Waals surface area contributed by atoms with Crippen molar-refractivity contribution in [1.29, 1.82) is 0 Å². The van der Waals surface area contributed by atoms with Crippen LogP contribution in [-0.2, 0) is 14.3 Å². The number of likely N-dealkylation sites (N-methyl/N-ethyl adjacent to an activating group) is 1. The normalized spacial score (nSPS) is 21.0. The van der Waals surface area contributed by atoms with Crippen LogP contribution in [0.1, 0.15) is 60.9 Å². The fraction of sp³-hybridized carbons (Fsp3) is 0.619. The summed E-state index contributed by atoms with van der Waals surface area (Å²) in [5.74, 6) is -0.585. The standard InChI is InChI=1S/C21H31NO3/c1-12-9-16(15(4)14(3)13(12)2)18-11-22(8)20(24)17(18)10-19(23)25-21(5,6)7/h9,17-18H,10-11H2,1-8H3. The van der Waals surface area contributed by atoms with Gasteiger partial charge in [-0.1, -0.05) is 6.07 Å². The van der Waals surface area contributed by atoms with Crippen LogP contribution in [0.25, 0.3) is 0 Å². The molecule has 1 aromatic rings. The van der Waals surface area contributed by atoms with E-state index in [1.54, 1.807) is 4.90 Å². The van der Waals surface area contributed by atoms with E-state index in [2.05, 4.69) is 33.8 Å². The maximum atomic E-state index is 12.7. The molecule has 1 fully saturated rings. The summed E-state index contributed by atoms with van der Waals surface area (Å²) in [5, 5.41) is 0. The summed E-state index contributed by atoms with van der Waals surface area (Å²) in [7, 11) is 1.81. The number of nitrogens with zero attached hydrogens (tertiary/aromatic N) is 1. The number of carbonyl (C=O) groups excluding carboxylic acids is 2. The highest BCUT2D eigenvalue weighted by Crippen LogP contribution is 2.39. The van der Waals surface area contributed by atoms with Gasteiger partial charge in [0.15, 0.2) is 0 Å². The summed E-state index contributed by atoms with van der Waals surface area (Å²) in [6.07, 6.45) is 0.135. The van der Waals surface area contributed by atoms with Crippen molar-refractivity contribution in [3.63, 3.8) is 0 Å². The minimum Gasteiger partial charge on any atom is -0.460 e. The largest absolute Gasteiger partial charge is 0.460 e. The molecule has 0 spiro atoms. The van der Waals surface area contributed by atoms with Gasteiger partial charge < -0.3 is 9.64 Å². The summed E-state index contributed by atoms with van der Waals surface area (Å²) >= 11 is 0. The van der Waals surface area contributed by atoms with Gasteiger partial charge in [0.2, 0.25) is 5.91 Å². The van der Waals surface area contributed by atoms with E-state index in [-0.39, 0.29) is 30.1 Å². The summed E-state index contributed by atoms with van der Waals surface area (Å²) in [5.41, 5.74) is 5.68. The van der Waals surface area contributed by atoms with E-state index in [0.29, 0.717) is 6.54 Å². The van der Waals surface area contributed by atoms with Crippen LogP contribution in [0.15, 0.2) is 6.07 Å². The van der Waals surface area contributed by atoms with Crippen molar-refractivity contribution in [2.75, 3.05) is 13.6 Å². The third-order valence-electron chi connectivity index (χ3n) is 5.38. The Morgan fingerprint density at radius 3 is 2.32 bits per heavy atom. The van der Waals surface area contributed by atoms with E-state index in [0.717, 1.165) is 0 Å². The molecule has 0 saturated carbocycles. The van der Waals surface area contributed by atoms with Crippen molar-refractivity contribution in [2.45, 2.75) is 66.4 Å². The topological polar surface area (TPSA) is 46.6 Å². The molecule has 4 heteroatoms. The van der Waals surface area contributed by atoms with E-state index < -0.39 is 5.60 Å². The van der Waals surface area contributed by atoms with Crippen molar-refractivity contribution in [2.24, 2.45) is 5.92 Å². The lowest BCUT2D eigenvalue weighted by Gasteiger charge is -2.24. The third-order valence-corrected chi connectivity index (χ3v) is 5.38. The molecular weight excluding hydrogens is 314 g/mol. The number of rotatable bonds is 3. The predicted molar refractivity (Wildman–Crippen MR) is 99.7 cm³/mol. The van der Waals surface area contributed by atoms with Crippen LogP contribution < -0.4 is 0 Å². The second-order valence-electron chi connectivity index (χ2n) is 8.38. The van der Waals surface area contributed by atoms with E-state index in [9.17, 15) is 9.59 Å². The lowest BCUT2D eigenvalue weighted by atomic mass is 9.81.